The lowest BCUT2D eigenvalue weighted by molar-refractivity contribution is 0.0964. The fraction of sp³-hybridized carbons (Fsp3) is 0.667. The molecule has 1 aromatic rings. The first-order chi connectivity index (χ1) is 9.17. The number of aromatic nitrogens is 1. The van der Waals surface area contributed by atoms with Crippen LogP contribution in [0.4, 0.5) is 10.8 Å². The van der Waals surface area contributed by atoms with Crippen molar-refractivity contribution in [2.75, 3.05) is 44.5 Å². The number of ether oxygens (including phenoxy) is 1. The number of nitrogen functional groups attached to an aromatic ring is 1. The van der Waals surface area contributed by atoms with E-state index >= 15 is 0 Å². The van der Waals surface area contributed by atoms with E-state index in [0.717, 1.165) is 37.5 Å². The fourth-order valence-corrected chi connectivity index (χ4v) is 3.25. The van der Waals surface area contributed by atoms with Crippen LogP contribution in [-0.2, 0) is 4.74 Å². The maximum atomic E-state index is 11.9. The summed E-state index contributed by atoms with van der Waals surface area (Å²) in [6.07, 6.45) is 2.14. The molecule has 0 spiro atoms. The van der Waals surface area contributed by atoms with Gasteiger partial charge < -0.3 is 20.7 Å². The predicted molar refractivity (Wildman–Crippen MR) is 76.7 cm³/mol. The molecule has 1 saturated heterocycles. The van der Waals surface area contributed by atoms with Gasteiger partial charge in [0.05, 0.1) is 0 Å². The van der Waals surface area contributed by atoms with Crippen LogP contribution in [0, 0.1) is 5.92 Å². The lowest BCUT2D eigenvalue weighted by atomic mass is 9.98. The van der Waals surface area contributed by atoms with E-state index in [0.29, 0.717) is 17.3 Å². The van der Waals surface area contributed by atoms with Gasteiger partial charge >= 0.3 is 0 Å². The minimum absolute atomic E-state index is 0.166. The van der Waals surface area contributed by atoms with Gasteiger partial charge in [-0.2, -0.15) is 4.37 Å². The molecule has 0 atom stereocenters. The zero-order chi connectivity index (χ0) is 13.8. The van der Waals surface area contributed by atoms with E-state index in [2.05, 4.69) is 14.6 Å². The van der Waals surface area contributed by atoms with Gasteiger partial charge in [0.25, 0.3) is 5.91 Å². The maximum Gasteiger partial charge on any atom is 0.257 e. The summed E-state index contributed by atoms with van der Waals surface area (Å²) in [5.74, 6) is 0.758. The fourth-order valence-electron chi connectivity index (χ4n) is 2.39. The van der Waals surface area contributed by atoms with Gasteiger partial charge in [-0.3, -0.25) is 4.79 Å². The Morgan fingerprint density at radius 1 is 1.58 bits per heavy atom. The summed E-state index contributed by atoms with van der Waals surface area (Å²) in [5, 5.41) is 3.50. The van der Waals surface area contributed by atoms with Crippen LogP contribution in [0.5, 0.6) is 0 Å². The third-order valence-electron chi connectivity index (χ3n) is 3.46. The molecule has 0 unspecified atom stereocenters. The molecule has 1 fully saturated rings. The molecule has 2 rings (SSSR count). The molecule has 3 N–H and O–H groups in total. The number of nitrogens with two attached hydrogens (primary N) is 1. The van der Waals surface area contributed by atoms with Gasteiger partial charge in [0, 0.05) is 33.9 Å². The Morgan fingerprint density at radius 3 is 2.84 bits per heavy atom. The van der Waals surface area contributed by atoms with Crippen molar-refractivity contribution in [3.8, 4) is 0 Å². The van der Waals surface area contributed by atoms with Crippen LogP contribution in [0.3, 0.4) is 0 Å². The molecular formula is C12H20N4O2S. The molecule has 19 heavy (non-hydrogen) atoms. The van der Waals surface area contributed by atoms with Gasteiger partial charge in [-0.15, -0.1) is 0 Å². The molecule has 0 radical (unpaired) electrons. The Labute approximate surface area is 117 Å². The van der Waals surface area contributed by atoms with Crippen molar-refractivity contribution in [3.63, 3.8) is 0 Å². The third kappa shape index (κ3) is 2.98. The first-order valence-electron chi connectivity index (χ1n) is 6.38. The summed E-state index contributed by atoms with van der Waals surface area (Å²) < 4.78 is 9.30. The monoisotopic (exact) mass is 284 g/mol. The van der Waals surface area contributed by atoms with E-state index in [-0.39, 0.29) is 5.91 Å². The minimum atomic E-state index is -0.166. The van der Waals surface area contributed by atoms with Crippen LogP contribution in [0.2, 0.25) is 0 Å². The zero-order valence-corrected chi connectivity index (χ0v) is 12.1. The number of anilines is 2. The van der Waals surface area contributed by atoms with Crippen molar-refractivity contribution in [1.82, 2.24) is 9.69 Å². The Bertz CT molecular complexity index is 441. The van der Waals surface area contributed by atoms with Gasteiger partial charge in [-0.25, -0.2) is 0 Å². The molecule has 1 aliphatic rings. The van der Waals surface area contributed by atoms with Crippen LogP contribution in [0.25, 0.3) is 0 Å². The highest BCUT2D eigenvalue weighted by atomic mass is 32.1. The SMILES string of the molecule is CNC(=O)c1c(N)nsc1N1CCC(COC)CC1. The molecule has 0 saturated carbocycles. The van der Waals surface area contributed by atoms with Crippen LogP contribution in [0.15, 0.2) is 0 Å². The maximum absolute atomic E-state index is 11.9. The summed E-state index contributed by atoms with van der Waals surface area (Å²) in [5.41, 5.74) is 6.30. The van der Waals surface area contributed by atoms with E-state index in [1.807, 2.05) is 0 Å². The Balaban J connectivity index is 2.09. The number of piperidine rings is 1. The minimum Gasteiger partial charge on any atom is -0.384 e. The second-order valence-corrected chi connectivity index (χ2v) is 5.46. The first kappa shape index (κ1) is 14.1. The molecule has 1 amide bonds. The topological polar surface area (TPSA) is 80.5 Å². The molecule has 2 heterocycles. The van der Waals surface area contributed by atoms with Crippen molar-refractivity contribution in [2.24, 2.45) is 5.92 Å². The van der Waals surface area contributed by atoms with E-state index < -0.39 is 0 Å². The summed E-state index contributed by atoms with van der Waals surface area (Å²) in [6.45, 7) is 2.64. The Kier molecular flexibility index (Phi) is 4.60. The molecule has 0 aliphatic carbocycles. The van der Waals surface area contributed by atoms with Gasteiger partial charge in [-0.1, -0.05) is 0 Å². The van der Waals surface area contributed by atoms with E-state index in [1.54, 1.807) is 14.2 Å². The second kappa shape index (κ2) is 6.21. The number of nitrogens with zero attached hydrogens (tertiary/aromatic N) is 2. The summed E-state index contributed by atoms with van der Waals surface area (Å²) in [4.78, 5) is 14.1. The van der Waals surface area contributed by atoms with Crippen molar-refractivity contribution < 1.29 is 9.53 Å². The van der Waals surface area contributed by atoms with E-state index in [1.165, 1.54) is 11.5 Å². The third-order valence-corrected chi connectivity index (χ3v) is 4.38. The molecule has 1 aliphatic heterocycles. The highest BCUT2D eigenvalue weighted by Crippen LogP contribution is 2.33. The summed E-state index contributed by atoms with van der Waals surface area (Å²) in [6, 6.07) is 0. The van der Waals surface area contributed by atoms with Gasteiger partial charge in [0.2, 0.25) is 0 Å². The number of methoxy groups -OCH3 is 1. The van der Waals surface area contributed by atoms with Crippen molar-refractivity contribution in [1.29, 1.82) is 0 Å². The standard InChI is InChI=1S/C12H20N4O2S/c1-14-11(17)9-10(13)15-19-12(9)16-5-3-8(4-6-16)7-18-2/h8H,3-7H2,1-2H3,(H2,13,15)(H,14,17). The van der Waals surface area contributed by atoms with Gasteiger partial charge in [0.15, 0.2) is 5.82 Å². The van der Waals surface area contributed by atoms with Crippen molar-refractivity contribution >= 4 is 28.3 Å². The summed E-state index contributed by atoms with van der Waals surface area (Å²) >= 11 is 1.30. The van der Waals surface area contributed by atoms with Gasteiger partial charge in [-0.05, 0) is 30.3 Å². The van der Waals surface area contributed by atoms with Crippen LogP contribution >= 0.6 is 11.5 Å². The quantitative estimate of drug-likeness (QED) is 0.860. The highest BCUT2D eigenvalue weighted by Gasteiger charge is 2.26. The molecular weight excluding hydrogens is 264 g/mol. The molecule has 0 bridgehead atoms. The van der Waals surface area contributed by atoms with Crippen LogP contribution < -0.4 is 16.0 Å². The number of rotatable bonds is 4. The molecule has 1 aromatic heterocycles. The highest BCUT2D eigenvalue weighted by molar-refractivity contribution is 7.11. The van der Waals surface area contributed by atoms with Gasteiger partial charge in [0.1, 0.15) is 10.6 Å². The molecule has 106 valence electrons. The van der Waals surface area contributed by atoms with Crippen LogP contribution in [0.1, 0.15) is 23.2 Å². The number of amides is 1. The lowest BCUT2D eigenvalue weighted by Crippen LogP contribution is -2.35. The number of carbonyl (C=O) groups excluding carboxylic acids is 1. The van der Waals surface area contributed by atoms with E-state index in [9.17, 15) is 4.79 Å². The molecule has 7 heteroatoms. The average molecular weight is 284 g/mol. The Hall–Kier alpha value is -1.34. The molecule has 6 nitrogen and oxygen atoms in total. The Morgan fingerprint density at radius 2 is 2.26 bits per heavy atom. The number of nitrogens with one attached hydrogen (secondary N) is 1. The number of hydrogen-bond acceptors (Lipinski definition) is 6. The van der Waals surface area contributed by atoms with Crippen molar-refractivity contribution in [3.05, 3.63) is 5.56 Å². The number of hydrogen-bond donors (Lipinski definition) is 2. The lowest BCUT2D eigenvalue weighted by Gasteiger charge is -2.32. The van der Waals surface area contributed by atoms with Crippen LogP contribution in [-0.4, -0.2) is 44.1 Å². The zero-order valence-electron chi connectivity index (χ0n) is 11.3. The largest absolute Gasteiger partial charge is 0.384 e. The average Bonchev–Trinajstić information content (AvgIpc) is 2.81. The first-order valence-corrected chi connectivity index (χ1v) is 7.15. The predicted octanol–water partition coefficient (Wildman–Crippen LogP) is 0.948. The molecule has 0 aromatic carbocycles. The van der Waals surface area contributed by atoms with Crippen molar-refractivity contribution in [2.45, 2.75) is 12.8 Å². The van der Waals surface area contributed by atoms with E-state index in [4.69, 9.17) is 10.5 Å². The summed E-state index contributed by atoms with van der Waals surface area (Å²) in [7, 11) is 3.34. The number of carbonyl (C=O) groups is 1. The second-order valence-electron chi connectivity index (χ2n) is 4.71. The normalized spacial score (nSPS) is 16.6. The smallest absolute Gasteiger partial charge is 0.257 e.